The number of hydrogen-bond acceptors (Lipinski definition) is 4. The molecule has 2 atom stereocenters. The van der Waals surface area contributed by atoms with Crippen LogP contribution in [0.3, 0.4) is 0 Å². The van der Waals surface area contributed by atoms with Crippen LogP contribution in [0.1, 0.15) is 13.8 Å². The summed E-state index contributed by atoms with van der Waals surface area (Å²) >= 11 is 0. The minimum absolute atomic E-state index is 0.106. The van der Waals surface area contributed by atoms with Gasteiger partial charge in [0.1, 0.15) is 5.52 Å². The van der Waals surface area contributed by atoms with Crippen LogP contribution >= 0.6 is 0 Å². The fourth-order valence-corrected chi connectivity index (χ4v) is 3.72. The fraction of sp³-hybridized carbons (Fsp3) is 0.533. The maximum atomic E-state index is 5.95. The number of hydrogen-bond donors (Lipinski definition) is 1. The number of nitrogens with one attached hydrogen (secondary N) is 1. The molecule has 4 heteroatoms. The van der Waals surface area contributed by atoms with Gasteiger partial charge in [0.25, 0.3) is 6.01 Å². The lowest BCUT2D eigenvalue weighted by Crippen LogP contribution is -2.44. The predicted molar refractivity (Wildman–Crippen MR) is 75.3 cm³/mol. The van der Waals surface area contributed by atoms with Crippen molar-refractivity contribution < 1.29 is 4.42 Å². The van der Waals surface area contributed by atoms with E-state index in [0.29, 0.717) is 11.8 Å². The van der Waals surface area contributed by atoms with E-state index in [9.17, 15) is 0 Å². The third kappa shape index (κ3) is 1.53. The van der Waals surface area contributed by atoms with E-state index in [2.05, 4.69) is 29.0 Å². The molecule has 19 heavy (non-hydrogen) atoms. The number of aromatic nitrogens is 1. The summed E-state index contributed by atoms with van der Waals surface area (Å²) in [6.45, 7) is 7.87. The molecule has 2 unspecified atom stereocenters. The number of para-hydroxylation sites is 2. The van der Waals surface area contributed by atoms with Crippen LogP contribution in [0.4, 0.5) is 6.01 Å². The summed E-state index contributed by atoms with van der Waals surface area (Å²) in [5.41, 5.74) is 1.93. The second-order valence-corrected chi connectivity index (χ2v) is 6.25. The number of nitrogens with zero attached hydrogens (tertiary/aromatic N) is 2. The van der Waals surface area contributed by atoms with Gasteiger partial charge in [0.05, 0.1) is 0 Å². The molecule has 2 aliphatic heterocycles. The summed E-state index contributed by atoms with van der Waals surface area (Å²) in [6.07, 6.45) is 0. The first-order valence-corrected chi connectivity index (χ1v) is 7.00. The van der Waals surface area contributed by atoms with Crippen LogP contribution in [0, 0.1) is 11.8 Å². The molecular formula is C15H19N3O. The van der Waals surface area contributed by atoms with Crippen molar-refractivity contribution in [2.75, 3.05) is 24.5 Å². The van der Waals surface area contributed by atoms with E-state index >= 15 is 0 Å². The van der Waals surface area contributed by atoms with Gasteiger partial charge >= 0.3 is 0 Å². The lowest BCUT2D eigenvalue weighted by atomic mass is 9.85. The van der Waals surface area contributed by atoms with Gasteiger partial charge in [-0.15, -0.1) is 0 Å². The molecule has 2 fully saturated rings. The number of rotatable bonds is 1. The van der Waals surface area contributed by atoms with E-state index < -0.39 is 0 Å². The molecule has 4 rings (SSSR count). The molecule has 1 aromatic heterocycles. The van der Waals surface area contributed by atoms with Gasteiger partial charge in [-0.25, -0.2) is 0 Å². The van der Waals surface area contributed by atoms with Gasteiger partial charge in [-0.2, -0.15) is 4.98 Å². The Bertz CT molecular complexity index is 586. The second-order valence-electron chi connectivity index (χ2n) is 6.25. The highest BCUT2D eigenvalue weighted by Crippen LogP contribution is 2.43. The van der Waals surface area contributed by atoms with Crippen molar-refractivity contribution in [2.24, 2.45) is 11.8 Å². The van der Waals surface area contributed by atoms with Crippen LogP contribution in [0.25, 0.3) is 11.1 Å². The summed E-state index contributed by atoms with van der Waals surface area (Å²) < 4.78 is 5.95. The first-order valence-electron chi connectivity index (χ1n) is 7.00. The minimum atomic E-state index is 0.106. The maximum Gasteiger partial charge on any atom is 0.298 e. The van der Waals surface area contributed by atoms with E-state index in [4.69, 9.17) is 4.42 Å². The summed E-state index contributed by atoms with van der Waals surface area (Å²) in [4.78, 5) is 7.01. The highest BCUT2D eigenvalue weighted by atomic mass is 16.4. The number of benzene rings is 1. The molecule has 1 N–H and O–H groups in total. The van der Waals surface area contributed by atoms with Gasteiger partial charge in [-0.1, -0.05) is 12.1 Å². The van der Waals surface area contributed by atoms with Crippen molar-refractivity contribution >= 4 is 17.1 Å². The quantitative estimate of drug-likeness (QED) is 0.851. The zero-order chi connectivity index (χ0) is 13.0. The Morgan fingerprint density at radius 3 is 2.95 bits per heavy atom. The highest BCUT2D eigenvalue weighted by Gasteiger charge is 2.51. The van der Waals surface area contributed by atoms with Gasteiger partial charge in [0.2, 0.25) is 0 Å². The first-order chi connectivity index (χ1) is 9.16. The zero-order valence-corrected chi connectivity index (χ0v) is 11.4. The van der Waals surface area contributed by atoms with Crippen molar-refractivity contribution in [1.29, 1.82) is 0 Å². The third-order valence-electron chi connectivity index (χ3n) is 4.87. The topological polar surface area (TPSA) is 41.3 Å². The molecule has 100 valence electrons. The molecular weight excluding hydrogens is 238 g/mol. The molecule has 0 bridgehead atoms. The average Bonchev–Trinajstić information content (AvgIpc) is 3.05. The first kappa shape index (κ1) is 11.3. The molecule has 0 saturated carbocycles. The number of fused-ring (bicyclic) bond motifs is 2. The van der Waals surface area contributed by atoms with Crippen molar-refractivity contribution in [3.05, 3.63) is 24.3 Å². The Balaban J connectivity index is 1.76. The molecule has 3 heterocycles. The van der Waals surface area contributed by atoms with Gasteiger partial charge < -0.3 is 14.6 Å². The lowest BCUT2D eigenvalue weighted by molar-refractivity contribution is 0.347. The number of anilines is 1. The molecule has 1 aromatic carbocycles. The summed E-state index contributed by atoms with van der Waals surface area (Å²) in [6, 6.07) is 8.76. The van der Waals surface area contributed by atoms with Crippen LogP contribution in [0.15, 0.2) is 28.7 Å². The molecule has 2 aromatic rings. The van der Waals surface area contributed by atoms with Crippen LogP contribution in [-0.4, -0.2) is 30.2 Å². The average molecular weight is 257 g/mol. The second kappa shape index (κ2) is 3.73. The van der Waals surface area contributed by atoms with E-state index in [0.717, 1.165) is 36.7 Å². The predicted octanol–water partition coefficient (Wildman–Crippen LogP) is 2.26. The van der Waals surface area contributed by atoms with E-state index in [1.807, 2.05) is 24.3 Å². The van der Waals surface area contributed by atoms with Crippen LogP contribution in [0.5, 0.6) is 0 Å². The van der Waals surface area contributed by atoms with Crippen molar-refractivity contribution in [2.45, 2.75) is 19.4 Å². The Morgan fingerprint density at radius 2 is 2.16 bits per heavy atom. The monoisotopic (exact) mass is 257 g/mol. The molecule has 4 nitrogen and oxygen atoms in total. The minimum Gasteiger partial charge on any atom is -0.423 e. The molecule has 0 spiro atoms. The molecule has 2 aliphatic rings. The number of oxazole rings is 1. The van der Waals surface area contributed by atoms with Crippen molar-refractivity contribution in [3.63, 3.8) is 0 Å². The highest BCUT2D eigenvalue weighted by molar-refractivity contribution is 5.74. The Morgan fingerprint density at radius 1 is 1.32 bits per heavy atom. The maximum absolute atomic E-state index is 5.95. The standard InChI is InChI=1S/C15H19N3O/c1-15(2)11-8-16-7-10(11)9-18(15)14-17-12-5-3-4-6-13(12)19-14/h3-6,10-11,16H,7-9H2,1-2H3. The van der Waals surface area contributed by atoms with Gasteiger partial charge in [0, 0.05) is 25.2 Å². The molecule has 0 radical (unpaired) electrons. The van der Waals surface area contributed by atoms with Crippen LogP contribution in [0.2, 0.25) is 0 Å². The fourth-order valence-electron chi connectivity index (χ4n) is 3.72. The van der Waals surface area contributed by atoms with Crippen molar-refractivity contribution in [1.82, 2.24) is 10.3 Å². The smallest absolute Gasteiger partial charge is 0.298 e. The van der Waals surface area contributed by atoms with Gasteiger partial charge in [-0.05, 0) is 37.8 Å². The van der Waals surface area contributed by atoms with Crippen LogP contribution in [-0.2, 0) is 0 Å². The largest absolute Gasteiger partial charge is 0.423 e. The Labute approximate surface area is 112 Å². The third-order valence-corrected chi connectivity index (χ3v) is 4.87. The summed E-state index contributed by atoms with van der Waals surface area (Å²) in [5.74, 6) is 1.40. The van der Waals surface area contributed by atoms with Gasteiger partial charge in [-0.3, -0.25) is 0 Å². The molecule has 2 saturated heterocycles. The summed E-state index contributed by atoms with van der Waals surface area (Å²) in [5, 5.41) is 3.50. The van der Waals surface area contributed by atoms with Crippen molar-refractivity contribution in [3.8, 4) is 0 Å². The SMILES string of the molecule is CC1(C)C2CNCC2CN1c1nc2ccccc2o1. The van der Waals surface area contributed by atoms with E-state index in [1.54, 1.807) is 0 Å². The van der Waals surface area contributed by atoms with Crippen LogP contribution < -0.4 is 10.2 Å². The molecule has 0 amide bonds. The lowest BCUT2D eigenvalue weighted by Gasteiger charge is -2.34. The van der Waals surface area contributed by atoms with E-state index in [-0.39, 0.29) is 5.54 Å². The van der Waals surface area contributed by atoms with E-state index in [1.165, 1.54) is 0 Å². The Hall–Kier alpha value is -1.55. The summed E-state index contributed by atoms with van der Waals surface area (Å²) in [7, 11) is 0. The normalized spacial score (nSPS) is 29.1. The zero-order valence-electron chi connectivity index (χ0n) is 11.4. The van der Waals surface area contributed by atoms with Gasteiger partial charge in [0.15, 0.2) is 5.58 Å². The molecule has 0 aliphatic carbocycles. The Kier molecular flexibility index (Phi) is 2.22.